The summed E-state index contributed by atoms with van der Waals surface area (Å²) in [6.07, 6.45) is 7.78. The van der Waals surface area contributed by atoms with Gasteiger partial charge in [-0.05, 0) is 65.4 Å². The van der Waals surface area contributed by atoms with Crippen LogP contribution in [0.25, 0.3) is 27.6 Å². The lowest BCUT2D eigenvalue weighted by atomic mass is 9.75. The summed E-state index contributed by atoms with van der Waals surface area (Å²) in [5.41, 5.74) is 3.02. The molecule has 2 aliphatic rings. The molecule has 5 aromatic rings. The third kappa shape index (κ3) is 4.83. The molecule has 1 aliphatic heterocycles. The van der Waals surface area contributed by atoms with E-state index < -0.39 is 37.9 Å². The van der Waals surface area contributed by atoms with E-state index in [2.05, 4.69) is 11.1 Å². The number of allylic oxidation sites excluding steroid dienone is 3. The zero-order chi connectivity index (χ0) is 33.2. The van der Waals surface area contributed by atoms with Crippen molar-refractivity contribution in [1.29, 1.82) is 0 Å². The van der Waals surface area contributed by atoms with Crippen LogP contribution in [0.4, 0.5) is 8.78 Å². The topological polar surface area (TPSA) is 103 Å². The minimum atomic E-state index is -4.49. The van der Waals surface area contributed by atoms with E-state index in [0.717, 1.165) is 32.8 Å². The highest BCUT2D eigenvalue weighted by Crippen LogP contribution is 2.49. The lowest BCUT2D eigenvalue weighted by molar-refractivity contribution is 0.00844. The molecular formula is C36H31F2N3O5S. The van der Waals surface area contributed by atoms with Crippen LogP contribution >= 0.6 is 0 Å². The molecule has 0 bridgehead atoms. The number of rotatable bonds is 6. The van der Waals surface area contributed by atoms with Crippen LogP contribution in [0.1, 0.15) is 42.4 Å². The van der Waals surface area contributed by atoms with Crippen LogP contribution in [-0.2, 0) is 21.8 Å². The first kappa shape index (κ1) is 30.8. The number of nitrogens with zero attached hydrogens (tertiary/aromatic N) is 2. The third-order valence-corrected chi connectivity index (χ3v) is 12.1. The molecule has 0 saturated carbocycles. The van der Waals surface area contributed by atoms with Crippen molar-refractivity contribution < 1.29 is 21.9 Å². The second kappa shape index (κ2) is 11.1. The van der Waals surface area contributed by atoms with E-state index >= 15 is 4.39 Å². The average molecular weight is 656 g/mol. The van der Waals surface area contributed by atoms with Gasteiger partial charge in [0.1, 0.15) is 21.9 Å². The molecule has 2 unspecified atom stereocenters. The summed E-state index contributed by atoms with van der Waals surface area (Å²) in [5.74, 6) is -2.66. The SMILES string of the molecule is CC1=CC(c2cc(=O)n(C)cc2-c2cccc(C3COC3)c2)=CC(c2ccc(F)cc2F)C1(C)S(=O)(=O)n1ccc2cc[nH]c(=O)c21. The Morgan fingerprint density at radius 1 is 1.00 bits per heavy atom. The highest BCUT2D eigenvalue weighted by atomic mass is 32.2. The van der Waals surface area contributed by atoms with Crippen molar-refractivity contribution in [2.45, 2.75) is 30.4 Å². The van der Waals surface area contributed by atoms with Crippen molar-refractivity contribution in [3.8, 4) is 11.1 Å². The number of aryl methyl sites for hydroxylation is 1. The van der Waals surface area contributed by atoms with Crippen LogP contribution in [0.15, 0.2) is 107 Å². The van der Waals surface area contributed by atoms with Crippen molar-refractivity contribution in [2.24, 2.45) is 7.05 Å². The first-order valence-corrected chi connectivity index (χ1v) is 16.5. The lowest BCUT2D eigenvalue weighted by Gasteiger charge is -2.40. The summed E-state index contributed by atoms with van der Waals surface area (Å²) in [6.45, 7) is 4.36. The van der Waals surface area contributed by atoms with Gasteiger partial charge in [-0.25, -0.2) is 21.2 Å². The summed E-state index contributed by atoms with van der Waals surface area (Å²) in [5, 5.41) is 0.416. The maximum Gasteiger partial charge on any atom is 0.273 e. The maximum atomic E-state index is 15.7. The van der Waals surface area contributed by atoms with Gasteiger partial charge in [0.05, 0.1) is 13.2 Å². The van der Waals surface area contributed by atoms with E-state index in [1.54, 1.807) is 38.4 Å². The van der Waals surface area contributed by atoms with E-state index in [0.29, 0.717) is 35.3 Å². The maximum absolute atomic E-state index is 15.7. The van der Waals surface area contributed by atoms with E-state index in [4.69, 9.17) is 4.74 Å². The predicted octanol–water partition coefficient (Wildman–Crippen LogP) is 5.85. The number of aromatic nitrogens is 3. The van der Waals surface area contributed by atoms with E-state index in [9.17, 15) is 22.4 Å². The highest BCUT2D eigenvalue weighted by Gasteiger charge is 2.51. The fourth-order valence-corrected chi connectivity index (χ4v) is 8.68. The largest absolute Gasteiger partial charge is 0.380 e. The fraction of sp³-hybridized carbons (Fsp3) is 0.222. The number of hydrogen-bond donors (Lipinski definition) is 1. The molecule has 0 amide bonds. The molecule has 4 heterocycles. The van der Waals surface area contributed by atoms with Crippen molar-refractivity contribution in [3.63, 3.8) is 0 Å². The van der Waals surface area contributed by atoms with Crippen LogP contribution in [-0.4, -0.2) is 39.9 Å². The molecule has 47 heavy (non-hydrogen) atoms. The summed E-state index contributed by atoms with van der Waals surface area (Å²) in [7, 11) is -2.84. The first-order chi connectivity index (χ1) is 22.4. The number of pyridine rings is 2. The standard InChI is InChI=1S/C36H31F2N3O5S/c1-21-13-25(29-17-33(42)40(3)18-30(29)24-6-4-5-23(14-24)26-19-46-20-26)15-31(28-8-7-27(37)16-32(28)38)36(21,2)47(44,45)41-12-10-22-9-11-39-35(43)34(22)41/h4-18,26,31H,19-20H2,1-3H3,(H,39,43). The fourth-order valence-electron chi connectivity index (χ4n) is 6.64. The van der Waals surface area contributed by atoms with E-state index in [1.165, 1.54) is 42.1 Å². The number of halogens is 2. The molecule has 2 atom stereocenters. The second-order valence-corrected chi connectivity index (χ2v) is 14.5. The third-order valence-electron chi connectivity index (χ3n) is 9.61. The molecule has 0 spiro atoms. The van der Waals surface area contributed by atoms with E-state index in [1.807, 2.05) is 18.2 Å². The lowest BCUT2D eigenvalue weighted by Crippen LogP contribution is -2.47. The number of benzene rings is 2. The van der Waals surface area contributed by atoms with Crippen molar-refractivity contribution in [1.82, 2.24) is 13.5 Å². The highest BCUT2D eigenvalue weighted by molar-refractivity contribution is 7.91. The zero-order valence-corrected chi connectivity index (χ0v) is 26.6. The van der Waals surface area contributed by atoms with Crippen molar-refractivity contribution in [2.75, 3.05) is 13.2 Å². The van der Waals surface area contributed by atoms with Crippen LogP contribution in [0.2, 0.25) is 0 Å². The Bertz CT molecular complexity index is 2380. The second-order valence-electron chi connectivity index (χ2n) is 12.3. The van der Waals surface area contributed by atoms with Crippen molar-refractivity contribution >= 4 is 26.5 Å². The molecule has 0 radical (unpaired) electrons. The normalized spacial score (nSPS) is 20.1. The summed E-state index contributed by atoms with van der Waals surface area (Å²) >= 11 is 0. The molecule has 240 valence electrons. The number of aromatic amines is 1. The van der Waals surface area contributed by atoms with Gasteiger partial charge in [-0.15, -0.1) is 0 Å². The number of fused-ring (bicyclic) bond motifs is 1. The van der Waals surface area contributed by atoms with Gasteiger partial charge in [-0.2, -0.15) is 0 Å². The molecular weight excluding hydrogens is 624 g/mol. The van der Waals surface area contributed by atoms with Gasteiger partial charge in [-0.3, -0.25) is 9.59 Å². The number of hydrogen-bond acceptors (Lipinski definition) is 5. The molecule has 1 aliphatic carbocycles. The van der Waals surface area contributed by atoms with Gasteiger partial charge >= 0.3 is 0 Å². The van der Waals surface area contributed by atoms with Gasteiger partial charge in [0.15, 0.2) is 0 Å². The number of H-pyrrole nitrogens is 1. The Hall–Kier alpha value is -4.87. The summed E-state index contributed by atoms with van der Waals surface area (Å²) in [4.78, 5) is 28.5. The molecule has 1 fully saturated rings. The number of ether oxygens (including phenoxy) is 1. The van der Waals surface area contributed by atoms with Crippen molar-refractivity contribution in [3.05, 3.63) is 146 Å². The van der Waals surface area contributed by atoms with Gasteiger partial charge in [-0.1, -0.05) is 42.5 Å². The average Bonchev–Trinajstić information content (AvgIpc) is 3.46. The van der Waals surface area contributed by atoms with Gasteiger partial charge in [0, 0.05) is 60.6 Å². The minimum Gasteiger partial charge on any atom is -0.380 e. The Morgan fingerprint density at radius 2 is 1.79 bits per heavy atom. The molecule has 11 heteroatoms. The quantitative estimate of drug-likeness (QED) is 0.247. The monoisotopic (exact) mass is 655 g/mol. The summed E-state index contributed by atoms with van der Waals surface area (Å²) < 4.78 is 65.3. The van der Waals surface area contributed by atoms with E-state index in [-0.39, 0.29) is 22.6 Å². The number of nitrogens with one attached hydrogen (secondary N) is 1. The predicted molar refractivity (Wildman–Crippen MR) is 177 cm³/mol. The first-order valence-electron chi connectivity index (χ1n) is 15.1. The Kier molecular flexibility index (Phi) is 7.29. The Labute approximate surface area is 269 Å². The van der Waals surface area contributed by atoms with Crippen LogP contribution < -0.4 is 11.1 Å². The minimum absolute atomic E-state index is 0.0508. The summed E-state index contributed by atoms with van der Waals surface area (Å²) in [6, 6.07) is 15.6. The van der Waals surface area contributed by atoms with Crippen LogP contribution in [0, 0.1) is 11.6 Å². The van der Waals surface area contributed by atoms with Gasteiger partial charge in [0.2, 0.25) is 10.0 Å². The molecule has 3 aromatic heterocycles. The van der Waals surface area contributed by atoms with Crippen LogP contribution in [0.5, 0.6) is 0 Å². The molecule has 2 aromatic carbocycles. The Morgan fingerprint density at radius 3 is 2.51 bits per heavy atom. The molecule has 1 N–H and O–H groups in total. The molecule has 1 saturated heterocycles. The van der Waals surface area contributed by atoms with Gasteiger partial charge < -0.3 is 14.3 Å². The molecule has 8 nitrogen and oxygen atoms in total. The van der Waals surface area contributed by atoms with Crippen LogP contribution in [0.3, 0.4) is 0 Å². The zero-order valence-electron chi connectivity index (χ0n) is 25.8. The smallest absolute Gasteiger partial charge is 0.273 e. The molecule has 7 rings (SSSR count). The Balaban J connectivity index is 1.46. The van der Waals surface area contributed by atoms with Gasteiger partial charge in [0.25, 0.3) is 11.1 Å².